The molecule has 1 aliphatic heterocycles. The van der Waals surface area contributed by atoms with E-state index in [1.807, 2.05) is 18.7 Å². The number of piperidine rings is 1. The van der Waals surface area contributed by atoms with Crippen LogP contribution in [0.5, 0.6) is 0 Å². The number of aliphatic carboxylic acids is 1. The first-order valence-electron chi connectivity index (χ1n) is 6.61. The summed E-state index contributed by atoms with van der Waals surface area (Å²) in [6.45, 7) is 6.61. The number of anilines is 1. The van der Waals surface area contributed by atoms with Crippen LogP contribution in [-0.2, 0) is 4.79 Å². The number of rotatable bonds is 2. The SMILES string of the molecule is Cc1nnc(N2CCC(C)(C(=O)O)CC2)c(C#N)c1C. The van der Waals surface area contributed by atoms with Crippen LogP contribution in [0.4, 0.5) is 5.82 Å². The number of aromatic nitrogens is 2. The lowest BCUT2D eigenvalue weighted by Crippen LogP contribution is -2.43. The Balaban J connectivity index is 2.26. The third kappa shape index (κ3) is 2.31. The monoisotopic (exact) mass is 274 g/mol. The maximum absolute atomic E-state index is 11.2. The van der Waals surface area contributed by atoms with Gasteiger partial charge in [-0.15, -0.1) is 5.10 Å². The molecule has 0 radical (unpaired) electrons. The first kappa shape index (κ1) is 14.3. The van der Waals surface area contributed by atoms with Crippen molar-refractivity contribution in [2.24, 2.45) is 5.41 Å². The molecule has 0 amide bonds. The summed E-state index contributed by atoms with van der Waals surface area (Å²) in [7, 11) is 0. The number of aryl methyl sites for hydroxylation is 1. The Morgan fingerprint density at radius 2 is 1.95 bits per heavy atom. The molecule has 0 bridgehead atoms. The number of hydrogen-bond donors (Lipinski definition) is 1. The number of nitrogens with zero attached hydrogens (tertiary/aromatic N) is 4. The van der Waals surface area contributed by atoms with Gasteiger partial charge in [0.2, 0.25) is 0 Å². The Bertz CT molecular complexity index is 584. The molecule has 1 aliphatic rings. The second-order valence-corrected chi connectivity index (χ2v) is 5.57. The fourth-order valence-corrected chi connectivity index (χ4v) is 2.38. The van der Waals surface area contributed by atoms with Gasteiger partial charge in [0.1, 0.15) is 11.6 Å². The molecule has 106 valence electrons. The Labute approximate surface area is 118 Å². The molecule has 0 aliphatic carbocycles. The van der Waals surface area contributed by atoms with Gasteiger partial charge in [-0.1, -0.05) is 0 Å². The van der Waals surface area contributed by atoms with Crippen molar-refractivity contribution in [3.63, 3.8) is 0 Å². The van der Waals surface area contributed by atoms with Gasteiger partial charge in [-0.05, 0) is 39.2 Å². The molecule has 0 aromatic carbocycles. The third-order valence-corrected chi connectivity index (χ3v) is 4.23. The molecule has 0 unspecified atom stereocenters. The van der Waals surface area contributed by atoms with E-state index in [-0.39, 0.29) is 0 Å². The maximum atomic E-state index is 11.2. The van der Waals surface area contributed by atoms with Crippen molar-refractivity contribution in [1.29, 1.82) is 5.26 Å². The van der Waals surface area contributed by atoms with Gasteiger partial charge in [-0.2, -0.15) is 10.4 Å². The van der Waals surface area contributed by atoms with Crippen molar-refractivity contribution < 1.29 is 9.90 Å². The van der Waals surface area contributed by atoms with Gasteiger partial charge in [0.05, 0.1) is 11.1 Å². The van der Waals surface area contributed by atoms with Crippen LogP contribution in [-0.4, -0.2) is 34.4 Å². The molecule has 1 aromatic rings. The first-order chi connectivity index (χ1) is 9.39. The number of hydrogen-bond acceptors (Lipinski definition) is 5. The quantitative estimate of drug-likeness (QED) is 0.882. The largest absolute Gasteiger partial charge is 0.481 e. The molecule has 6 nitrogen and oxygen atoms in total. The van der Waals surface area contributed by atoms with Gasteiger partial charge in [0, 0.05) is 13.1 Å². The van der Waals surface area contributed by atoms with E-state index in [0.717, 1.165) is 11.3 Å². The summed E-state index contributed by atoms with van der Waals surface area (Å²) in [5.74, 6) is -0.188. The minimum absolute atomic E-state index is 0.538. The zero-order valence-electron chi connectivity index (χ0n) is 12.0. The zero-order chi connectivity index (χ0) is 14.9. The maximum Gasteiger partial charge on any atom is 0.309 e. The molecule has 0 spiro atoms. The van der Waals surface area contributed by atoms with Crippen LogP contribution in [0.15, 0.2) is 0 Å². The zero-order valence-corrected chi connectivity index (χ0v) is 12.0. The van der Waals surface area contributed by atoms with Gasteiger partial charge in [-0.3, -0.25) is 4.79 Å². The molecular weight excluding hydrogens is 256 g/mol. The highest BCUT2D eigenvalue weighted by Gasteiger charge is 2.37. The average molecular weight is 274 g/mol. The number of carboxylic acids is 1. The van der Waals surface area contributed by atoms with Gasteiger partial charge in [0.25, 0.3) is 0 Å². The molecule has 6 heteroatoms. The Hall–Kier alpha value is -2.16. The smallest absolute Gasteiger partial charge is 0.309 e. The summed E-state index contributed by atoms with van der Waals surface area (Å²) in [5.41, 5.74) is 1.44. The molecule has 1 aromatic heterocycles. The van der Waals surface area contributed by atoms with Crippen molar-refractivity contribution >= 4 is 11.8 Å². The lowest BCUT2D eigenvalue weighted by atomic mass is 9.80. The van der Waals surface area contributed by atoms with Gasteiger partial charge >= 0.3 is 5.97 Å². The first-order valence-corrected chi connectivity index (χ1v) is 6.61. The summed E-state index contributed by atoms with van der Waals surface area (Å²) >= 11 is 0. The number of nitriles is 1. The fourth-order valence-electron chi connectivity index (χ4n) is 2.38. The molecule has 1 fully saturated rings. The second-order valence-electron chi connectivity index (χ2n) is 5.57. The van der Waals surface area contributed by atoms with Crippen LogP contribution in [0, 0.1) is 30.6 Å². The number of carbonyl (C=O) groups is 1. The van der Waals surface area contributed by atoms with E-state index in [4.69, 9.17) is 0 Å². The van der Waals surface area contributed by atoms with Crippen LogP contribution < -0.4 is 4.90 Å². The van der Waals surface area contributed by atoms with E-state index >= 15 is 0 Å². The van der Waals surface area contributed by atoms with Crippen LogP contribution in [0.25, 0.3) is 0 Å². The predicted molar refractivity (Wildman–Crippen MR) is 73.4 cm³/mol. The lowest BCUT2D eigenvalue weighted by Gasteiger charge is -2.37. The highest BCUT2D eigenvalue weighted by molar-refractivity contribution is 5.74. The Kier molecular flexibility index (Phi) is 3.62. The minimum Gasteiger partial charge on any atom is -0.481 e. The summed E-state index contributed by atoms with van der Waals surface area (Å²) in [6, 6.07) is 2.18. The van der Waals surface area contributed by atoms with E-state index in [1.54, 1.807) is 6.92 Å². The van der Waals surface area contributed by atoms with E-state index < -0.39 is 11.4 Å². The van der Waals surface area contributed by atoms with Gasteiger partial charge in [0.15, 0.2) is 5.82 Å². The molecule has 1 saturated heterocycles. The Morgan fingerprint density at radius 1 is 1.35 bits per heavy atom. The molecule has 2 rings (SSSR count). The fraction of sp³-hybridized carbons (Fsp3) is 0.571. The molecule has 0 atom stereocenters. The molecule has 20 heavy (non-hydrogen) atoms. The second kappa shape index (κ2) is 5.08. The van der Waals surface area contributed by atoms with Crippen LogP contribution in [0.2, 0.25) is 0 Å². The Morgan fingerprint density at radius 3 is 2.45 bits per heavy atom. The molecule has 1 N–H and O–H groups in total. The van der Waals surface area contributed by atoms with Crippen molar-refractivity contribution in [3.05, 3.63) is 16.8 Å². The normalized spacial score (nSPS) is 17.6. The van der Waals surface area contributed by atoms with Crippen molar-refractivity contribution in [2.75, 3.05) is 18.0 Å². The van der Waals surface area contributed by atoms with Crippen molar-refractivity contribution in [2.45, 2.75) is 33.6 Å². The predicted octanol–water partition coefficient (Wildman–Crippen LogP) is 1.66. The minimum atomic E-state index is -0.760. The topological polar surface area (TPSA) is 90.1 Å². The number of carboxylic acid groups (broad SMARTS) is 1. The van der Waals surface area contributed by atoms with Gasteiger partial charge in [-0.25, -0.2) is 0 Å². The summed E-state index contributed by atoms with van der Waals surface area (Å²) in [6.07, 6.45) is 1.09. The van der Waals surface area contributed by atoms with E-state index in [2.05, 4.69) is 16.3 Å². The summed E-state index contributed by atoms with van der Waals surface area (Å²) < 4.78 is 0. The van der Waals surface area contributed by atoms with Crippen molar-refractivity contribution in [1.82, 2.24) is 10.2 Å². The van der Waals surface area contributed by atoms with Crippen molar-refractivity contribution in [3.8, 4) is 6.07 Å². The lowest BCUT2D eigenvalue weighted by molar-refractivity contribution is -0.149. The van der Waals surface area contributed by atoms with Gasteiger partial charge < -0.3 is 10.0 Å². The molecule has 0 saturated carbocycles. The van der Waals surface area contributed by atoms with Crippen LogP contribution >= 0.6 is 0 Å². The standard InChI is InChI=1S/C14H18N4O2/c1-9-10(2)16-17-12(11(9)8-15)18-6-4-14(3,5-7-18)13(19)20/h4-7H2,1-3H3,(H,19,20). The van der Waals surface area contributed by atoms with Crippen LogP contribution in [0.1, 0.15) is 36.6 Å². The van der Waals surface area contributed by atoms with E-state index in [0.29, 0.717) is 37.3 Å². The average Bonchev–Trinajstić information content (AvgIpc) is 2.42. The summed E-state index contributed by atoms with van der Waals surface area (Å²) in [4.78, 5) is 13.2. The molecule has 2 heterocycles. The molecular formula is C14H18N4O2. The highest BCUT2D eigenvalue weighted by Crippen LogP contribution is 2.33. The summed E-state index contributed by atoms with van der Waals surface area (Å²) in [5, 5.41) is 26.8. The third-order valence-electron chi connectivity index (χ3n) is 4.23. The van der Waals surface area contributed by atoms with Crippen LogP contribution in [0.3, 0.4) is 0 Å². The van der Waals surface area contributed by atoms with E-state index in [1.165, 1.54) is 0 Å². The highest BCUT2D eigenvalue weighted by atomic mass is 16.4. The van der Waals surface area contributed by atoms with E-state index in [9.17, 15) is 15.2 Å².